The van der Waals surface area contributed by atoms with Crippen LogP contribution in [0.15, 0.2) is 58.9 Å². The molecule has 6 nitrogen and oxygen atoms in total. The number of aromatic nitrogens is 2. The van der Waals surface area contributed by atoms with E-state index in [4.69, 9.17) is 5.11 Å². The fourth-order valence-electron chi connectivity index (χ4n) is 2.61. The minimum atomic E-state index is -0.944. The third kappa shape index (κ3) is 4.09. The van der Waals surface area contributed by atoms with Gasteiger partial charge in [0.05, 0.1) is 17.8 Å². The van der Waals surface area contributed by atoms with Crippen molar-refractivity contribution in [3.8, 4) is 0 Å². The molecule has 3 aromatic rings. The first-order valence-corrected chi connectivity index (χ1v) is 8.36. The van der Waals surface area contributed by atoms with Crippen LogP contribution in [0, 0.1) is 0 Å². The lowest BCUT2D eigenvalue weighted by atomic mass is 10.1. The first kappa shape index (κ1) is 16.8. The maximum Gasteiger partial charge on any atom is 0.309 e. The predicted molar refractivity (Wildman–Crippen MR) is 95.8 cm³/mol. The van der Waals surface area contributed by atoms with Crippen molar-refractivity contribution in [3.05, 3.63) is 59.9 Å². The molecule has 0 saturated heterocycles. The highest BCUT2D eigenvalue weighted by atomic mass is 16.4. The lowest BCUT2D eigenvalue weighted by molar-refractivity contribution is -0.136. The average Bonchev–Trinajstić information content (AvgIpc) is 2.95. The molecular formula is C19H20N4O2. The highest BCUT2D eigenvalue weighted by Gasteiger charge is 2.14. The number of aryl methyl sites for hydroxylation is 1. The van der Waals surface area contributed by atoms with Crippen molar-refractivity contribution in [2.45, 2.75) is 32.6 Å². The van der Waals surface area contributed by atoms with Crippen LogP contribution in [0.4, 0.5) is 11.5 Å². The molecule has 1 N–H and O–H groups in total. The third-order valence-corrected chi connectivity index (χ3v) is 3.91. The predicted octanol–water partition coefficient (Wildman–Crippen LogP) is 4.72. The molecule has 0 aliphatic heterocycles. The molecular weight excluding hydrogens is 316 g/mol. The Labute approximate surface area is 145 Å². The Morgan fingerprint density at radius 1 is 1.16 bits per heavy atom. The van der Waals surface area contributed by atoms with Gasteiger partial charge in [-0.05, 0) is 42.7 Å². The normalized spacial score (nSPS) is 11.4. The second kappa shape index (κ2) is 7.70. The number of pyridine rings is 1. The summed E-state index contributed by atoms with van der Waals surface area (Å²) < 4.78 is 1.75. The molecule has 2 aromatic heterocycles. The quantitative estimate of drug-likeness (QED) is 0.634. The molecule has 2 heterocycles. The molecule has 128 valence electrons. The van der Waals surface area contributed by atoms with E-state index in [1.807, 2.05) is 30.3 Å². The maximum absolute atomic E-state index is 11.1. The fraction of sp³-hybridized carbons (Fsp3) is 0.263. The molecule has 0 radical (unpaired) electrons. The monoisotopic (exact) mass is 336 g/mol. The van der Waals surface area contributed by atoms with Gasteiger partial charge in [-0.1, -0.05) is 31.5 Å². The van der Waals surface area contributed by atoms with E-state index < -0.39 is 5.97 Å². The molecule has 25 heavy (non-hydrogen) atoms. The molecule has 0 unspecified atom stereocenters. The second-order valence-electron chi connectivity index (χ2n) is 5.85. The molecule has 0 bridgehead atoms. The summed E-state index contributed by atoms with van der Waals surface area (Å²) in [5, 5.41) is 17.6. The van der Waals surface area contributed by atoms with Gasteiger partial charge in [0.2, 0.25) is 0 Å². The number of unbranched alkanes of at least 4 members (excludes halogenated alkanes) is 1. The van der Waals surface area contributed by atoms with Gasteiger partial charge in [0.1, 0.15) is 5.65 Å². The van der Waals surface area contributed by atoms with Crippen LogP contribution >= 0.6 is 0 Å². The Morgan fingerprint density at radius 2 is 1.96 bits per heavy atom. The SMILES string of the molecule is CCCCc1ccc(N=Nc2c(CC(=O)O)nc3ccccn23)cc1. The number of rotatable bonds is 7. The zero-order valence-corrected chi connectivity index (χ0v) is 14.1. The number of imidazole rings is 1. The Kier molecular flexibility index (Phi) is 5.18. The van der Waals surface area contributed by atoms with E-state index in [9.17, 15) is 4.79 Å². The zero-order chi connectivity index (χ0) is 17.6. The molecule has 0 fully saturated rings. The Hall–Kier alpha value is -3.02. The topological polar surface area (TPSA) is 79.3 Å². The number of fused-ring (bicyclic) bond motifs is 1. The number of carboxylic acids is 1. The molecule has 0 saturated carbocycles. The van der Waals surface area contributed by atoms with Crippen LogP contribution in [0.3, 0.4) is 0 Å². The zero-order valence-electron chi connectivity index (χ0n) is 14.1. The van der Waals surface area contributed by atoms with Gasteiger partial charge in [-0.3, -0.25) is 9.20 Å². The molecule has 0 atom stereocenters. The van der Waals surface area contributed by atoms with Crippen molar-refractivity contribution in [2.24, 2.45) is 10.2 Å². The van der Waals surface area contributed by atoms with Crippen LogP contribution < -0.4 is 0 Å². The van der Waals surface area contributed by atoms with Crippen molar-refractivity contribution in [1.82, 2.24) is 9.38 Å². The summed E-state index contributed by atoms with van der Waals surface area (Å²) in [6.45, 7) is 2.17. The number of azo groups is 1. The number of carboxylic acid groups (broad SMARTS) is 1. The second-order valence-corrected chi connectivity index (χ2v) is 5.85. The highest BCUT2D eigenvalue weighted by molar-refractivity contribution is 5.72. The third-order valence-electron chi connectivity index (χ3n) is 3.91. The lowest BCUT2D eigenvalue weighted by Crippen LogP contribution is -2.00. The van der Waals surface area contributed by atoms with Crippen molar-refractivity contribution in [2.75, 3.05) is 0 Å². The minimum Gasteiger partial charge on any atom is -0.481 e. The maximum atomic E-state index is 11.1. The van der Waals surface area contributed by atoms with Gasteiger partial charge in [0, 0.05) is 6.20 Å². The van der Waals surface area contributed by atoms with E-state index in [2.05, 4.69) is 34.3 Å². The highest BCUT2D eigenvalue weighted by Crippen LogP contribution is 2.25. The number of benzene rings is 1. The van der Waals surface area contributed by atoms with Gasteiger partial charge in [0.15, 0.2) is 5.82 Å². The van der Waals surface area contributed by atoms with Crippen LogP contribution in [0.5, 0.6) is 0 Å². The number of carbonyl (C=O) groups is 1. The van der Waals surface area contributed by atoms with E-state index in [1.54, 1.807) is 10.6 Å². The van der Waals surface area contributed by atoms with Crippen molar-refractivity contribution < 1.29 is 9.90 Å². The summed E-state index contributed by atoms with van der Waals surface area (Å²) in [5.41, 5.74) is 3.07. The first-order chi connectivity index (χ1) is 12.2. The summed E-state index contributed by atoms with van der Waals surface area (Å²) in [6.07, 6.45) is 5.01. The van der Waals surface area contributed by atoms with Crippen molar-refractivity contribution >= 4 is 23.1 Å². The van der Waals surface area contributed by atoms with E-state index in [0.29, 0.717) is 17.2 Å². The van der Waals surface area contributed by atoms with Crippen molar-refractivity contribution in [3.63, 3.8) is 0 Å². The minimum absolute atomic E-state index is 0.189. The number of nitrogens with zero attached hydrogens (tertiary/aromatic N) is 4. The van der Waals surface area contributed by atoms with Crippen LogP contribution in [0.2, 0.25) is 0 Å². The van der Waals surface area contributed by atoms with Crippen LogP contribution in [-0.2, 0) is 17.6 Å². The lowest BCUT2D eigenvalue weighted by Gasteiger charge is -2.00. The molecule has 6 heteroatoms. The van der Waals surface area contributed by atoms with E-state index in [1.165, 1.54) is 18.4 Å². The van der Waals surface area contributed by atoms with Gasteiger partial charge in [0.25, 0.3) is 0 Å². The smallest absolute Gasteiger partial charge is 0.309 e. The van der Waals surface area contributed by atoms with E-state index >= 15 is 0 Å². The van der Waals surface area contributed by atoms with Gasteiger partial charge >= 0.3 is 5.97 Å². The number of hydrogen-bond acceptors (Lipinski definition) is 4. The number of aliphatic carboxylic acids is 1. The van der Waals surface area contributed by atoms with Crippen LogP contribution in [0.25, 0.3) is 5.65 Å². The van der Waals surface area contributed by atoms with Gasteiger partial charge in [-0.25, -0.2) is 4.98 Å². The van der Waals surface area contributed by atoms with Gasteiger partial charge in [-0.2, -0.15) is 0 Å². The van der Waals surface area contributed by atoms with Crippen LogP contribution in [-0.4, -0.2) is 20.5 Å². The Balaban J connectivity index is 1.88. The first-order valence-electron chi connectivity index (χ1n) is 8.36. The summed E-state index contributed by atoms with van der Waals surface area (Å²) in [7, 11) is 0. The molecule has 3 rings (SSSR count). The molecule has 0 spiro atoms. The molecule has 1 aromatic carbocycles. The standard InChI is InChI=1S/C19H20N4O2/c1-2-3-6-14-8-10-15(11-9-14)21-22-19-16(13-18(24)25)20-17-7-4-5-12-23(17)19/h4-5,7-12H,2-3,6,13H2,1H3,(H,24,25). The number of hydrogen-bond donors (Lipinski definition) is 1. The largest absolute Gasteiger partial charge is 0.481 e. The molecule has 0 amide bonds. The van der Waals surface area contributed by atoms with Crippen LogP contribution in [0.1, 0.15) is 31.0 Å². The Bertz CT molecular complexity index is 897. The molecule has 0 aliphatic rings. The summed E-state index contributed by atoms with van der Waals surface area (Å²) in [4.78, 5) is 15.4. The molecule has 0 aliphatic carbocycles. The van der Waals surface area contributed by atoms with E-state index in [0.717, 1.165) is 12.1 Å². The summed E-state index contributed by atoms with van der Waals surface area (Å²) in [5.74, 6) is -0.492. The fourth-order valence-corrected chi connectivity index (χ4v) is 2.61. The Morgan fingerprint density at radius 3 is 2.68 bits per heavy atom. The van der Waals surface area contributed by atoms with E-state index in [-0.39, 0.29) is 6.42 Å². The summed E-state index contributed by atoms with van der Waals surface area (Å²) in [6, 6.07) is 13.5. The van der Waals surface area contributed by atoms with Gasteiger partial charge < -0.3 is 5.11 Å². The van der Waals surface area contributed by atoms with Crippen molar-refractivity contribution in [1.29, 1.82) is 0 Å². The van der Waals surface area contributed by atoms with Gasteiger partial charge in [-0.15, -0.1) is 10.2 Å². The summed E-state index contributed by atoms with van der Waals surface area (Å²) >= 11 is 0. The average molecular weight is 336 g/mol.